The van der Waals surface area contributed by atoms with E-state index in [9.17, 15) is 0 Å². The maximum absolute atomic E-state index is 5.22. The molecule has 5 aromatic carbocycles. The van der Waals surface area contributed by atoms with Gasteiger partial charge in [0.15, 0.2) is 0 Å². The third-order valence-corrected chi connectivity index (χ3v) is 9.07. The Kier molecular flexibility index (Phi) is 7.58. The van der Waals surface area contributed by atoms with Crippen molar-refractivity contribution in [3.63, 3.8) is 0 Å². The summed E-state index contributed by atoms with van der Waals surface area (Å²) >= 11 is 0. The van der Waals surface area contributed by atoms with E-state index in [4.69, 9.17) is 15.0 Å². The van der Waals surface area contributed by atoms with E-state index in [1.54, 1.807) is 0 Å². The van der Waals surface area contributed by atoms with Crippen molar-refractivity contribution in [3.05, 3.63) is 163 Å². The van der Waals surface area contributed by atoms with Gasteiger partial charge in [0.2, 0.25) is 0 Å². The number of aromatic nitrogens is 3. The molecule has 0 radical (unpaired) electrons. The van der Waals surface area contributed by atoms with Crippen LogP contribution in [-0.4, -0.2) is 15.0 Å². The Morgan fingerprint density at radius 2 is 0.958 bits per heavy atom. The summed E-state index contributed by atoms with van der Waals surface area (Å²) in [5.74, 6) is 0.406. The van der Waals surface area contributed by atoms with Crippen LogP contribution in [0, 0.1) is 6.92 Å². The van der Waals surface area contributed by atoms with Crippen molar-refractivity contribution < 1.29 is 0 Å². The first-order valence-electron chi connectivity index (χ1n) is 16.6. The minimum atomic E-state index is 0.406. The zero-order valence-corrected chi connectivity index (χ0v) is 27.4. The monoisotopic (exact) mass is 617 g/mol. The van der Waals surface area contributed by atoms with E-state index in [1.165, 1.54) is 16.5 Å². The molecule has 3 aromatic heterocycles. The van der Waals surface area contributed by atoms with Crippen molar-refractivity contribution in [2.75, 3.05) is 0 Å². The highest BCUT2D eigenvalue weighted by atomic mass is 14.8. The normalized spacial score (nSPS) is 11.4. The molecule has 0 aliphatic heterocycles. The molecule has 48 heavy (non-hydrogen) atoms. The Bertz CT molecular complexity index is 2370. The van der Waals surface area contributed by atoms with E-state index in [0.717, 1.165) is 72.6 Å². The van der Waals surface area contributed by atoms with Gasteiger partial charge in [0.05, 0.1) is 28.1 Å². The molecule has 3 heterocycles. The van der Waals surface area contributed by atoms with Gasteiger partial charge >= 0.3 is 0 Å². The topological polar surface area (TPSA) is 38.7 Å². The van der Waals surface area contributed by atoms with Crippen LogP contribution in [0.15, 0.2) is 152 Å². The number of rotatable bonds is 6. The highest BCUT2D eigenvalue weighted by Crippen LogP contribution is 2.35. The van der Waals surface area contributed by atoms with Crippen molar-refractivity contribution in [2.45, 2.75) is 26.7 Å². The number of nitrogens with zero attached hydrogens (tertiary/aromatic N) is 3. The lowest BCUT2D eigenvalue weighted by molar-refractivity contribution is 0.871. The molecule has 8 rings (SSSR count). The predicted molar refractivity (Wildman–Crippen MR) is 201 cm³/mol. The molecule has 0 saturated heterocycles. The minimum absolute atomic E-state index is 0.406. The number of hydrogen-bond acceptors (Lipinski definition) is 3. The summed E-state index contributed by atoms with van der Waals surface area (Å²) in [6, 6.07) is 53.5. The lowest BCUT2D eigenvalue weighted by atomic mass is 9.96. The van der Waals surface area contributed by atoms with Crippen LogP contribution < -0.4 is 0 Å². The van der Waals surface area contributed by atoms with Crippen molar-refractivity contribution in [2.24, 2.45) is 0 Å². The molecular weight excluding hydrogens is 583 g/mol. The fourth-order valence-corrected chi connectivity index (χ4v) is 6.62. The number of pyridine rings is 3. The van der Waals surface area contributed by atoms with Crippen LogP contribution in [0.1, 0.15) is 31.0 Å². The fraction of sp³-hybridized carbons (Fsp3) is 0.0889. The SMILES string of the molecule is Cc1cc(C(C)C)c2ccc3ccc(-c4cccc(-c5cccc(-c6cc(-c7ccccc7)cc(-c7ccccc7)n6)c5)c4)nc3c2n1. The third kappa shape index (κ3) is 5.65. The summed E-state index contributed by atoms with van der Waals surface area (Å²) in [4.78, 5) is 15.3. The first kappa shape index (κ1) is 29.5. The first-order chi connectivity index (χ1) is 23.5. The Morgan fingerprint density at radius 3 is 1.62 bits per heavy atom. The van der Waals surface area contributed by atoms with E-state index >= 15 is 0 Å². The van der Waals surface area contributed by atoms with Gasteiger partial charge in [-0.05, 0) is 77.1 Å². The fourth-order valence-electron chi connectivity index (χ4n) is 6.62. The van der Waals surface area contributed by atoms with Crippen molar-refractivity contribution in [3.8, 4) is 56.0 Å². The molecule has 0 amide bonds. The van der Waals surface area contributed by atoms with Gasteiger partial charge in [0.1, 0.15) is 0 Å². The Morgan fingerprint density at radius 1 is 0.396 bits per heavy atom. The lowest BCUT2D eigenvalue weighted by Gasteiger charge is -2.13. The molecule has 3 heteroatoms. The molecule has 0 fully saturated rings. The molecule has 0 spiro atoms. The molecule has 3 nitrogen and oxygen atoms in total. The molecule has 0 N–H and O–H groups in total. The van der Waals surface area contributed by atoms with Crippen molar-refractivity contribution >= 4 is 21.8 Å². The lowest BCUT2D eigenvalue weighted by Crippen LogP contribution is -1.96. The third-order valence-electron chi connectivity index (χ3n) is 9.07. The number of fused-ring (bicyclic) bond motifs is 3. The van der Waals surface area contributed by atoms with Gasteiger partial charge < -0.3 is 0 Å². The van der Waals surface area contributed by atoms with E-state index in [2.05, 4.69) is 166 Å². The second kappa shape index (κ2) is 12.4. The largest absolute Gasteiger partial charge is 0.251 e. The van der Waals surface area contributed by atoms with Crippen LogP contribution >= 0.6 is 0 Å². The van der Waals surface area contributed by atoms with Crippen LogP contribution in [0.25, 0.3) is 77.8 Å². The quantitative estimate of drug-likeness (QED) is 0.174. The molecule has 0 atom stereocenters. The van der Waals surface area contributed by atoms with Gasteiger partial charge in [-0.1, -0.05) is 129 Å². The van der Waals surface area contributed by atoms with Gasteiger partial charge in [-0.3, -0.25) is 4.98 Å². The summed E-state index contributed by atoms with van der Waals surface area (Å²) in [5, 5.41) is 2.28. The number of hydrogen-bond donors (Lipinski definition) is 0. The van der Waals surface area contributed by atoms with E-state index in [1.807, 2.05) is 6.07 Å². The summed E-state index contributed by atoms with van der Waals surface area (Å²) < 4.78 is 0. The minimum Gasteiger partial charge on any atom is -0.251 e. The summed E-state index contributed by atoms with van der Waals surface area (Å²) in [6.45, 7) is 6.55. The van der Waals surface area contributed by atoms with E-state index in [-0.39, 0.29) is 0 Å². The van der Waals surface area contributed by atoms with Gasteiger partial charge in [-0.15, -0.1) is 0 Å². The molecular formula is C45H35N3. The zero-order chi connectivity index (χ0) is 32.6. The smallest absolute Gasteiger partial charge is 0.0972 e. The Hall–Kier alpha value is -5.93. The Balaban J connectivity index is 1.20. The number of benzene rings is 5. The zero-order valence-electron chi connectivity index (χ0n) is 27.4. The first-order valence-corrected chi connectivity index (χ1v) is 16.6. The summed E-state index contributed by atoms with van der Waals surface area (Å²) in [7, 11) is 0. The van der Waals surface area contributed by atoms with Crippen LogP contribution in [0.3, 0.4) is 0 Å². The average molecular weight is 618 g/mol. The van der Waals surface area contributed by atoms with Crippen LogP contribution in [0.5, 0.6) is 0 Å². The average Bonchev–Trinajstić information content (AvgIpc) is 3.15. The second-order valence-corrected chi connectivity index (χ2v) is 12.8. The van der Waals surface area contributed by atoms with Crippen molar-refractivity contribution in [1.82, 2.24) is 15.0 Å². The highest BCUT2D eigenvalue weighted by molar-refractivity contribution is 6.04. The standard InChI is InChI=1S/C45H35N3/c1-29(2)40-24-30(3)46-45-39(40)22-20-33-21-23-41(48-44(33)45)36-18-10-16-34(25-36)35-17-11-19-37(26-35)43-28-38(31-12-6-4-7-13-31)27-42(47-43)32-14-8-5-9-15-32/h4-29H,1-3H3. The molecule has 0 bridgehead atoms. The second-order valence-electron chi connectivity index (χ2n) is 12.8. The molecule has 0 aliphatic carbocycles. The molecule has 0 unspecified atom stereocenters. The molecule has 230 valence electrons. The Labute approximate surface area is 281 Å². The van der Waals surface area contributed by atoms with Crippen molar-refractivity contribution in [1.29, 1.82) is 0 Å². The highest BCUT2D eigenvalue weighted by Gasteiger charge is 2.14. The number of aryl methyl sites for hydroxylation is 1. The van der Waals surface area contributed by atoms with Gasteiger partial charge in [-0.2, -0.15) is 0 Å². The molecule has 0 saturated carbocycles. The van der Waals surface area contributed by atoms with Gasteiger partial charge in [0.25, 0.3) is 0 Å². The summed E-state index contributed by atoms with van der Waals surface area (Å²) in [6.07, 6.45) is 0. The predicted octanol–water partition coefficient (Wildman–Crippen LogP) is 11.9. The maximum Gasteiger partial charge on any atom is 0.0972 e. The van der Waals surface area contributed by atoms with Gasteiger partial charge in [-0.25, -0.2) is 9.97 Å². The van der Waals surface area contributed by atoms with E-state index < -0.39 is 0 Å². The maximum atomic E-state index is 5.22. The molecule has 8 aromatic rings. The van der Waals surface area contributed by atoms with Crippen LogP contribution in [0.2, 0.25) is 0 Å². The van der Waals surface area contributed by atoms with Crippen LogP contribution in [0.4, 0.5) is 0 Å². The van der Waals surface area contributed by atoms with Crippen LogP contribution in [-0.2, 0) is 0 Å². The molecule has 0 aliphatic rings. The van der Waals surface area contributed by atoms with Gasteiger partial charge in [0, 0.05) is 33.2 Å². The van der Waals surface area contributed by atoms with E-state index in [0.29, 0.717) is 5.92 Å². The summed E-state index contributed by atoms with van der Waals surface area (Å²) in [5.41, 5.74) is 14.9.